The van der Waals surface area contributed by atoms with Crippen LogP contribution in [-0.2, 0) is 0 Å². The SMILES string of the molecule is CC(C)(C)C1CCN(I)CC1. The van der Waals surface area contributed by atoms with Gasteiger partial charge in [-0.2, -0.15) is 0 Å². The molecule has 0 unspecified atom stereocenters. The van der Waals surface area contributed by atoms with Crippen LogP contribution in [0.5, 0.6) is 0 Å². The van der Waals surface area contributed by atoms with Gasteiger partial charge in [-0.25, -0.2) is 3.11 Å². The lowest BCUT2D eigenvalue weighted by atomic mass is 9.76. The van der Waals surface area contributed by atoms with Gasteiger partial charge in [0, 0.05) is 36.0 Å². The minimum atomic E-state index is 0.526. The summed E-state index contributed by atoms with van der Waals surface area (Å²) in [6.07, 6.45) is 2.76. The van der Waals surface area contributed by atoms with Crippen LogP contribution in [0.1, 0.15) is 33.6 Å². The highest BCUT2D eigenvalue weighted by Gasteiger charge is 2.27. The third-order valence-corrected chi connectivity index (χ3v) is 3.63. The molecule has 1 aliphatic rings. The van der Waals surface area contributed by atoms with Crippen molar-refractivity contribution >= 4 is 22.9 Å². The van der Waals surface area contributed by atoms with Crippen molar-refractivity contribution in [1.82, 2.24) is 3.11 Å². The van der Waals surface area contributed by atoms with Crippen LogP contribution in [0.3, 0.4) is 0 Å². The van der Waals surface area contributed by atoms with Gasteiger partial charge in [-0.15, -0.1) is 0 Å². The van der Waals surface area contributed by atoms with E-state index in [1.807, 2.05) is 0 Å². The summed E-state index contributed by atoms with van der Waals surface area (Å²) in [5, 5.41) is 0. The molecule has 1 rings (SSSR count). The molecule has 1 fully saturated rings. The Kier molecular flexibility index (Phi) is 3.20. The van der Waals surface area contributed by atoms with E-state index in [9.17, 15) is 0 Å². The summed E-state index contributed by atoms with van der Waals surface area (Å²) in [5.41, 5.74) is 0.526. The number of hydrogen-bond acceptors (Lipinski definition) is 1. The fourth-order valence-electron chi connectivity index (χ4n) is 1.71. The molecule has 0 spiro atoms. The molecule has 0 radical (unpaired) electrons. The summed E-state index contributed by atoms with van der Waals surface area (Å²) >= 11 is 2.43. The van der Waals surface area contributed by atoms with Crippen molar-refractivity contribution < 1.29 is 0 Å². The van der Waals surface area contributed by atoms with Crippen LogP contribution >= 0.6 is 22.9 Å². The van der Waals surface area contributed by atoms with E-state index in [2.05, 4.69) is 46.7 Å². The van der Waals surface area contributed by atoms with E-state index in [1.54, 1.807) is 0 Å². The van der Waals surface area contributed by atoms with Crippen molar-refractivity contribution in [1.29, 1.82) is 0 Å². The van der Waals surface area contributed by atoms with Crippen LogP contribution in [-0.4, -0.2) is 16.2 Å². The zero-order valence-electron chi connectivity index (χ0n) is 7.73. The lowest BCUT2D eigenvalue weighted by Gasteiger charge is -2.36. The number of hydrogen-bond donors (Lipinski definition) is 0. The van der Waals surface area contributed by atoms with E-state index in [1.165, 1.54) is 25.9 Å². The Balaban J connectivity index is 2.39. The molecule has 2 heteroatoms. The van der Waals surface area contributed by atoms with Crippen molar-refractivity contribution in [2.45, 2.75) is 33.6 Å². The predicted octanol–water partition coefficient (Wildman–Crippen LogP) is 3.09. The number of nitrogens with zero attached hydrogens (tertiary/aromatic N) is 1. The van der Waals surface area contributed by atoms with Crippen LogP contribution in [0, 0.1) is 11.3 Å². The molecule has 0 aromatic rings. The average molecular weight is 267 g/mol. The Bertz CT molecular complexity index is 120. The summed E-state index contributed by atoms with van der Waals surface area (Å²) in [5.74, 6) is 0.938. The van der Waals surface area contributed by atoms with E-state index in [4.69, 9.17) is 0 Å². The molecular formula is C9H18IN. The second-order valence-electron chi connectivity index (χ2n) is 4.55. The first-order valence-electron chi connectivity index (χ1n) is 4.41. The van der Waals surface area contributed by atoms with Crippen LogP contribution in [0.15, 0.2) is 0 Å². The molecule has 0 aromatic carbocycles. The second-order valence-corrected chi connectivity index (χ2v) is 5.91. The summed E-state index contributed by atoms with van der Waals surface area (Å²) in [7, 11) is 0. The number of rotatable bonds is 0. The zero-order valence-corrected chi connectivity index (χ0v) is 9.89. The lowest BCUT2D eigenvalue weighted by molar-refractivity contribution is 0.165. The quantitative estimate of drug-likeness (QED) is 0.481. The second kappa shape index (κ2) is 3.60. The predicted molar refractivity (Wildman–Crippen MR) is 57.8 cm³/mol. The van der Waals surface area contributed by atoms with Gasteiger partial charge in [0.1, 0.15) is 0 Å². The monoisotopic (exact) mass is 267 g/mol. The molecule has 11 heavy (non-hydrogen) atoms. The van der Waals surface area contributed by atoms with Crippen molar-refractivity contribution in [2.75, 3.05) is 13.1 Å². The Morgan fingerprint density at radius 2 is 1.64 bits per heavy atom. The highest BCUT2D eigenvalue weighted by molar-refractivity contribution is 14.1. The maximum atomic E-state index is 2.43. The average Bonchev–Trinajstić information content (AvgIpc) is 1.86. The van der Waals surface area contributed by atoms with E-state index in [-0.39, 0.29) is 0 Å². The Morgan fingerprint density at radius 3 is 2.00 bits per heavy atom. The number of piperidine rings is 1. The normalized spacial score (nSPS) is 24.0. The standard InChI is InChI=1S/C9H18IN/c1-9(2,3)8-4-6-11(10)7-5-8/h8H,4-7H2,1-3H3. The lowest BCUT2D eigenvalue weighted by Crippen LogP contribution is -2.32. The molecule has 0 atom stereocenters. The van der Waals surface area contributed by atoms with E-state index in [0.717, 1.165) is 5.92 Å². The molecule has 0 bridgehead atoms. The topological polar surface area (TPSA) is 3.24 Å². The van der Waals surface area contributed by atoms with Crippen LogP contribution in [0.25, 0.3) is 0 Å². The van der Waals surface area contributed by atoms with Gasteiger partial charge in [-0.1, -0.05) is 20.8 Å². The molecule has 0 N–H and O–H groups in total. The van der Waals surface area contributed by atoms with E-state index < -0.39 is 0 Å². The Hall–Kier alpha value is 0.690. The molecule has 1 nitrogen and oxygen atoms in total. The minimum Gasteiger partial charge on any atom is -0.248 e. The molecular weight excluding hydrogens is 249 g/mol. The van der Waals surface area contributed by atoms with Crippen LogP contribution in [0.4, 0.5) is 0 Å². The van der Waals surface area contributed by atoms with Crippen molar-refractivity contribution in [3.63, 3.8) is 0 Å². The first-order valence-corrected chi connectivity index (χ1v) is 5.37. The van der Waals surface area contributed by atoms with Gasteiger partial charge in [0.15, 0.2) is 0 Å². The third-order valence-electron chi connectivity index (χ3n) is 2.67. The van der Waals surface area contributed by atoms with Gasteiger partial charge in [-0.05, 0) is 24.2 Å². The Morgan fingerprint density at radius 1 is 1.18 bits per heavy atom. The maximum absolute atomic E-state index is 2.43. The number of halogens is 1. The van der Waals surface area contributed by atoms with Gasteiger partial charge >= 0.3 is 0 Å². The summed E-state index contributed by atoms with van der Waals surface area (Å²) < 4.78 is 2.40. The summed E-state index contributed by atoms with van der Waals surface area (Å²) in [4.78, 5) is 0. The van der Waals surface area contributed by atoms with Crippen molar-refractivity contribution in [3.8, 4) is 0 Å². The third kappa shape index (κ3) is 2.90. The molecule has 0 amide bonds. The van der Waals surface area contributed by atoms with Crippen molar-refractivity contribution in [2.24, 2.45) is 11.3 Å². The van der Waals surface area contributed by atoms with Crippen LogP contribution in [0.2, 0.25) is 0 Å². The minimum absolute atomic E-state index is 0.526. The fourth-order valence-corrected chi connectivity index (χ4v) is 2.27. The first-order chi connectivity index (χ1) is 5.00. The van der Waals surface area contributed by atoms with Gasteiger partial charge in [-0.3, -0.25) is 0 Å². The van der Waals surface area contributed by atoms with Gasteiger partial charge in [0.2, 0.25) is 0 Å². The van der Waals surface area contributed by atoms with E-state index in [0.29, 0.717) is 5.41 Å². The molecule has 0 aromatic heterocycles. The molecule has 0 saturated carbocycles. The Labute approximate surface area is 84.0 Å². The van der Waals surface area contributed by atoms with E-state index >= 15 is 0 Å². The highest BCUT2D eigenvalue weighted by atomic mass is 127. The van der Waals surface area contributed by atoms with Gasteiger partial charge in [0.25, 0.3) is 0 Å². The molecule has 66 valence electrons. The smallest absolute Gasteiger partial charge is 0.0201 e. The fraction of sp³-hybridized carbons (Fsp3) is 1.00. The molecule has 1 aliphatic heterocycles. The molecule has 1 saturated heterocycles. The highest BCUT2D eigenvalue weighted by Crippen LogP contribution is 2.34. The summed E-state index contributed by atoms with van der Waals surface area (Å²) in [6.45, 7) is 9.65. The van der Waals surface area contributed by atoms with Gasteiger partial charge in [0.05, 0.1) is 0 Å². The molecule has 1 heterocycles. The van der Waals surface area contributed by atoms with Gasteiger partial charge < -0.3 is 0 Å². The first kappa shape index (κ1) is 9.78. The summed E-state index contributed by atoms with van der Waals surface area (Å²) in [6, 6.07) is 0. The largest absolute Gasteiger partial charge is 0.248 e. The van der Waals surface area contributed by atoms with Crippen molar-refractivity contribution in [3.05, 3.63) is 0 Å². The molecule has 0 aliphatic carbocycles. The van der Waals surface area contributed by atoms with Crippen LogP contribution < -0.4 is 0 Å². The maximum Gasteiger partial charge on any atom is 0.0201 e. The zero-order chi connectivity index (χ0) is 8.48.